The summed E-state index contributed by atoms with van der Waals surface area (Å²) in [5.41, 5.74) is -0.190. The van der Waals surface area contributed by atoms with Gasteiger partial charge in [-0.2, -0.15) is 0 Å². The molecule has 0 aliphatic rings. The van der Waals surface area contributed by atoms with Gasteiger partial charge in [0.25, 0.3) is 10.0 Å². The Morgan fingerprint density at radius 3 is 2.70 bits per heavy atom. The summed E-state index contributed by atoms with van der Waals surface area (Å²) < 4.78 is 45.5. The van der Waals surface area contributed by atoms with Gasteiger partial charge in [0.2, 0.25) is 0 Å². The van der Waals surface area contributed by atoms with Crippen molar-refractivity contribution >= 4 is 31.6 Å². The fourth-order valence-electron chi connectivity index (χ4n) is 1.45. The predicted molar refractivity (Wildman–Crippen MR) is 75.7 cm³/mol. The predicted octanol–water partition coefficient (Wildman–Crippen LogP) is 2.79. The molecule has 0 aliphatic carbocycles. The van der Waals surface area contributed by atoms with Gasteiger partial charge in [0, 0.05) is 22.9 Å². The number of hydrogen-bond donors (Lipinski definition) is 1. The Morgan fingerprint density at radius 2 is 2.05 bits per heavy atom. The normalized spacial score (nSPS) is 11.2. The molecule has 20 heavy (non-hydrogen) atoms. The number of methoxy groups -OCH3 is 1. The first kappa shape index (κ1) is 14.7. The van der Waals surface area contributed by atoms with Crippen LogP contribution in [0.5, 0.6) is 5.75 Å². The molecule has 5 nitrogen and oxygen atoms in total. The van der Waals surface area contributed by atoms with Crippen LogP contribution >= 0.6 is 15.9 Å². The van der Waals surface area contributed by atoms with Gasteiger partial charge in [-0.1, -0.05) is 0 Å². The van der Waals surface area contributed by atoms with Gasteiger partial charge in [-0.25, -0.2) is 12.8 Å². The van der Waals surface area contributed by atoms with E-state index >= 15 is 0 Å². The Balaban J connectivity index is 2.38. The molecule has 0 saturated carbocycles. The molecular weight excluding hydrogens is 351 g/mol. The van der Waals surface area contributed by atoms with Gasteiger partial charge in [-0.05, 0) is 34.1 Å². The molecular formula is C12H10BrFN2O3S. The zero-order valence-corrected chi connectivity index (χ0v) is 12.7. The van der Waals surface area contributed by atoms with Crippen molar-refractivity contribution in [2.75, 3.05) is 11.8 Å². The number of sulfonamides is 1. The fourth-order valence-corrected chi connectivity index (χ4v) is 3.01. The monoisotopic (exact) mass is 360 g/mol. The van der Waals surface area contributed by atoms with E-state index in [2.05, 4.69) is 25.6 Å². The van der Waals surface area contributed by atoms with E-state index in [1.54, 1.807) is 0 Å². The molecule has 8 heteroatoms. The Morgan fingerprint density at radius 1 is 1.30 bits per heavy atom. The summed E-state index contributed by atoms with van der Waals surface area (Å²) in [6, 6.07) is 5.15. The summed E-state index contributed by atoms with van der Waals surface area (Å²) in [6.07, 6.45) is 2.62. The molecule has 0 bridgehead atoms. The van der Waals surface area contributed by atoms with Crippen LogP contribution in [-0.4, -0.2) is 20.5 Å². The van der Waals surface area contributed by atoms with Crippen molar-refractivity contribution in [3.8, 4) is 5.75 Å². The van der Waals surface area contributed by atoms with Crippen LogP contribution in [0.15, 0.2) is 46.0 Å². The third kappa shape index (κ3) is 3.26. The first-order chi connectivity index (χ1) is 9.42. The summed E-state index contributed by atoms with van der Waals surface area (Å²) in [5, 5.41) is 0. The molecule has 1 aromatic carbocycles. The Bertz CT molecular complexity index is 737. The molecule has 0 spiro atoms. The van der Waals surface area contributed by atoms with Crippen LogP contribution in [0, 0.1) is 5.82 Å². The van der Waals surface area contributed by atoms with Crippen molar-refractivity contribution in [2.45, 2.75) is 4.90 Å². The second kappa shape index (κ2) is 5.76. The van der Waals surface area contributed by atoms with Crippen molar-refractivity contribution < 1.29 is 17.5 Å². The number of halogens is 2. The molecule has 0 saturated heterocycles. The van der Waals surface area contributed by atoms with Crippen molar-refractivity contribution in [1.29, 1.82) is 0 Å². The molecule has 2 rings (SSSR count). The molecule has 1 heterocycles. The number of nitrogens with one attached hydrogen (secondary N) is 1. The van der Waals surface area contributed by atoms with Crippen LogP contribution < -0.4 is 9.46 Å². The number of pyridine rings is 1. The maximum Gasteiger partial charge on any atom is 0.263 e. The standard InChI is InChI=1S/C12H10BrFN2O3S/c1-19-9-2-3-11(14)12(5-9)16-20(17,18)10-4-8(13)6-15-7-10/h2-7,16H,1H3. The first-order valence-corrected chi connectivity index (χ1v) is 7.67. The number of rotatable bonds is 4. The minimum absolute atomic E-state index is 0.0749. The van der Waals surface area contributed by atoms with E-state index in [1.807, 2.05) is 0 Å². The lowest BCUT2D eigenvalue weighted by atomic mass is 10.3. The van der Waals surface area contributed by atoms with Crippen molar-refractivity contribution in [2.24, 2.45) is 0 Å². The third-order valence-corrected chi connectivity index (χ3v) is 4.17. The second-order valence-corrected chi connectivity index (χ2v) is 6.39. The van der Waals surface area contributed by atoms with Crippen LogP contribution in [0.2, 0.25) is 0 Å². The highest BCUT2D eigenvalue weighted by Gasteiger charge is 2.17. The van der Waals surface area contributed by atoms with Gasteiger partial charge in [-0.15, -0.1) is 0 Å². The number of ether oxygens (including phenoxy) is 1. The van der Waals surface area contributed by atoms with Gasteiger partial charge in [0.1, 0.15) is 16.5 Å². The number of anilines is 1. The van der Waals surface area contributed by atoms with Gasteiger partial charge >= 0.3 is 0 Å². The van der Waals surface area contributed by atoms with Gasteiger partial charge < -0.3 is 4.74 Å². The van der Waals surface area contributed by atoms with Crippen LogP contribution in [-0.2, 0) is 10.0 Å². The lowest BCUT2D eigenvalue weighted by molar-refractivity contribution is 0.414. The van der Waals surface area contributed by atoms with Crippen LogP contribution in [0.25, 0.3) is 0 Å². The number of hydrogen-bond acceptors (Lipinski definition) is 4. The van der Waals surface area contributed by atoms with E-state index in [0.717, 1.165) is 6.07 Å². The topological polar surface area (TPSA) is 68.3 Å². The molecule has 0 radical (unpaired) electrons. The van der Waals surface area contributed by atoms with E-state index in [0.29, 0.717) is 10.2 Å². The van der Waals surface area contributed by atoms with E-state index in [9.17, 15) is 12.8 Å². The number of benzene rings is 1. The SMILES string of the molecule is COc1ccc(F)c(NS(=O)(=O)c2cncc(Br)c2)c1. The van der Waals surface area contributed by atoms with Gasteiger partial charge in [-0.3, -0.25) is 9.71 Å². The second-order valence-electron chi connectivity index (χ2n) is 3.79. The average molecular weight is 361 g/mol. The molecule has 1 aromatic heterocycles. The van der Waals surface area contributed by atoms with Crippen LogP contribution in [0.4, 0.5) is 10.1 Å². The minimum atomic E-state index is -3.92. The smallest absolute Gasteiger partial charge is 0.263 e. The third-order valence-electron chi connectivity index (χ3n) is 2.41. The zero-order chi connectivity index (χ0) is 14.8. The highest BCUT2D eigenvalue weighted by molar-refractivity contribution is 9.10. The molecule has 0 atom stereocenters. The number of aromatic nitrogens is 1. The summed E-state index contributed by atoms with van der Waals surface area (Å²) in [4.78, 5) is 3.69. The molecule has 0 unspecified atom stereocenters. The van der Waals surface area contributed by atoms with Crippen LogP contribution in [0.1, 0.15) is 0 Å². The largest absolute Gasteiger partial charge is 0.497 e. The van der Waals surface area contributed by atoms with Crippen molar-refractivity contribution in [3.05, 3.63) is 46.9 Å². The summed E-state index contributed by atoms with van der Waals surface area (Å²) in [5.74, 6) is -0.353. The first-order valence-electron chi connectivity index (χ1n) is 5.39. The minimum Gasteiger partial charge on any atom is -0.497 e. The fraction of sp³-hybridized carbons (Fsp3) is 0.0833. The highest BCUT2D eigenvalue weighted by Crippen LogP contribution is 2.24. The summed E-state index contributed by atoms with van der Waals surface area (Å²) >= 11 is 3.13. The summed E-state index contributed by atoms with van der Waals surface area (Å²) in [6.45, 7) is 0. The Kier molecular flexibility index (Phi) is 4.24. The van der Waals surface area contributed by atoms with Crippen molar-refractivity contribution in [1.82, 2.24) is 4.98 Å². The molecule has 2 aromatic rings. The maximum atomic E-state index is 13.6. The van der Waals surface area contributed by atoms with Gasteiger partial charge in [0.15, 0.2) is 0 Å². The van der Waals surface area contributed by atoms with Crippen molar-refractivity contribution in [3.63, 3.8) is 0 Å². The average Bonchev–Trinajstić information content (AvgIpc) is 2.41. The molecule has 106 valence electrons. The number of nitrogens with zero attached hydrogens (tertiary/aromatic N) is 1. The van der Waals surface area contributed by atoms with Gasteiger partial charge in [0.05, 0.1) is 12.8 Å². The zero-order valence-electron chi connectivity index (χ0n) is 10.3. The molecule has 0 amide bonds. The molecule has 1 N–H and O–H groups in total. The van der Waals surface area contributed by atoms with E-state index in [1.165, 1.54) is 37.7 Å². The van der Waals surface area contributed by atoms with E-state index in [4.69, 9.17) is 4.74 Å². The molecule has 0 aliphatic heterocycles. The summed E-state index contributed by atoms with van der Waals surface area (Å²) in [7, 11) is -2.51. The quantitative estimate of drug-likeness (QED) is 0.909. The van der Waals surface area contributed by atoms with Crippen LogP contribution in [0.3, 0.4) is 0 Å². The Hall–Kier alpha value is -1.67. The van der Waals surface area contributed by atoms with E-state index in [-0.39, 0.29) is 10.6 Å². The lowest BCUT2D eigenvalue weighted by Crippen LogP contribution is -2.14. The maximum absolute atomic E-state index is 13.6. The highest BCUT2D eigenvalue weighted by atomic mass is 79.9. The van der Waals surface area contributed by atoms with E-state index < -0.39 is 15.8 Å². The Labute approximate surface area is 124 Å². The molecule has 0 fully saturated rings. The lowest BCUT2D eigenvalue weighted by Gasteiger charge is -2.10.